The molecule has 0 unspecified atom stereocenters. The quantitative estimate of drug-likeness (QED) is 0.101. The molecule has 1 saturated carbocycles. The first-order valence-electron chi connectivity index (χ1n) is 18.9. The summed E-state index contributed by atoms with van der Waals surface area (Å²) < 4.78 is 41.6. The summed E-state index contributed by atoms with van der Waals surface area (Å²) in [5.41, 5.74) is 3.06. The van der Waals surface area contributed by atoms with Gasteiger partial charge in [-0.3, -0.25) is 0 Å². The van der Waals surface area contributed by atoms with E-state index in [9.17, 15) is 0 Å². The first-order chi connectivity index (χ1) is 23.8. The van der Waals surface area contributed by atoms with Crippen molar-refractivity contribution in [3.63, 3.8) is 0 Å². The van der Waals surface area contributed by atoms with Crippen molar-refractivity contribution in [1.29, 1.82) is 0 Å². The molecule has 2 aliphatic heterocycles. The van der Waals surface area contributed by atoms with Gasteiger partial charge in [0.05, 0.1) is 0 Å². The van der Waals surface area contributed by atoms with E-state index in [-0.39, 0.29) is 18.3 Å². The van der Waals surface area contributed by atoms with Gasteiger partial charge in [0.1, 0.15) is 0 Å². The molecule has 3 aromatic carbocycles. The van der Waals surface area contributed by atoms with Crippen molar-refractivity contribution in [2.45, 2.75) is 122 Å². The van der Waals surface area contributed by atoms with Crippen molar-refractivity contribution in [2.24, 2.45) is 5.41 Å². The summed E-state index contributed by atoms with van der Waals surface area (Å²) >= 11 is -2.86. The molecule has 0 N–H and O–H groups in total. The summed E-state index contributed by atoms with van der Waals surface area (Å²) in [7, 11) is 1.78. The number of hydrogen-bond donors (Lipinski definition) is 0. The molecular formula is C43H58O5Sn. The minimum atomic E-state index is -2.86. The third kappa shape index (κ3) is 6.97. The number of ether oxygens (including phenoxy) is 5. The van der Waals surface area contributed by atoms with Gasteiger partial charge in [0.2, 0.25) is 0 Å². The minimum absolute atomic E-state index is 0.205. The maximum atomic E-state index is 7.68. The molecule has 2 saturated heterocycles. The van der Waals surface area contributed by atoms with Crippen LogP contribution in [0.4, 0.5) is 0 Å². The van der Waals surface area contributed by atoms with Crippen LogP contribution in [0.15, 0.2) is 101 Å². The first kappa shape index (κ1) is 36.8. The van der Waals surface area contributed by atoms with Crippen LogP contribution >= 0.6 is 0 Å². The van der Waals surface area contributed by atoms with Crippen LogP contribution in [-0.4, -0.2) is 62.5 Å². The van der Waals surface area contributed by atoms with Gasteiger partial charge in [-0.05, 0) is 0 Å². The van der Waals surface area contributed by atoms with Crippen LogP contribution < -0.4 is 0 Å². The number of unbranched alkanes of at least 4 members (excludes halogenated alkanes) is 3. The predicted octanol–water partition coefficient (Wildman–Crippen LogP) is 10.2. The summed E-state index contributed by atoms with van der Waals surface area (Å²) in [5, 5.41) is 0. The number of fused-ring (bicyclic) bond motifs is 5. The zero-order valence-electron chi connectivity index (χ0n) is 30.7. The van der Waals surface area contributed by atoms with Crippen molar-refractivity contribution in [1.82, 2.24) is 0 Å². The predicted molar refractivity (Wildman–Crippen MR) is 200 cm³/mol. The molecule has 0 aromatic heterocycles. The summed E-state index contributed by atoms with van der Waals surface area (Å²) in [6.07, 6.45) is 6.41. The number of methoxy groups -OCH3 is 1. The van der Waals surface area contributed by atoms with Gasteiger partial charge < -0.3 is 0 Å². The molecule has 0 spiro atoms. The molecule has 2 bridgehead atoms. The van der Waals surface area contributed by atoms with Gasteiger partial charge in [-0.2, -0.15) is 0 Å². The Morgan fingerprint density at radius 2 is 1.18 bits per heavy atom. The van der Waals surface area contributed by atoms with Crippen LogP contribution in [-0.2, 0) is 29.3 Å². The Morgan fingerprint density at radius 1 is 0.714 bits per heavy atom. The number of benzene rings is 3. The van der Waals surface area contributed by atoms with Gasteiger partial charge >= 0.3 is 301 Å². The van der Waals surface area contributed by atoms with Crippen LogP contribution in [0.5, 0.6) is 0 Å². The van der Waals surface area contributed by atoms with Gasteiger partial charge in [-0.1, -0.05) is 0 Å². The Balaban J connectivity index is 1.55. The molecule has 1 aliphatic carbocycles. The van der Waals surface area contributed by atoms with Gasteiger partial charge in [0.15, 0.2) is 0 Å². The first-order valence-corrected chi connectivity index (χ1v) is 26.6. The molecule has 0 amide bonds. The van der Waals surface area contributed by atoms with E-state index in [2.05, 4.69) is 116 Å². The average molecular weight is 774 g/mol. The van der Waals surface area contributed by atoms with Crippen LogP contribution in [0.1, 0.15) is 89.8 Å². The molecule has 3 aliphatic rings. The van der Waals surface area contributed by atoms with Crippen LogP contribution in [0.3, 0.4) is 0 Å². The Bertz CT molecular complexity index is 1390. The average Bonchev–Trinajstić information content (AvgIpc) is 3.71. The van der Waals surface area contributed by atoms with Gasteiger partial charge in [0.25, 0.3) is 0 Å². The van der Waals surface area contributed by atoms with E-state index < -0.39 is 41.5 Å². The van der Waals surface area contributed by atoms with Gasteiger partial charge in [-0.25, -0.2) is 0 Å². The Labute approximate surface area is 299 Å². The van der Waals surface area contributed by atoms with Gasteiger partial charge in [-0.15, -0.1) is 0 Å². The summed E-state index contributed by atoms with van der Waals surface area (Å²) in [6.45, 7) is 11.4. The molecule has 264 valence electrons. The monoisotopic (exact) mass is 774 g/mol. The number of hydrogen-bond acceptors (Lipinski definition) is 5. The van der Waals surface area contributed by atoms with E-state index in [1.54, 1.807) is 7.11 Å². The summed E-state index contributed by atoms with van der Waals surface area (Å²) in [4.78, 5) is 0. The third-order valence-corrected chi connectivity index (χ3v) is 25.5. The van der Waals surface area contributed by atoms with Crippen molar-refractivity contribution in [2.75, 3.05) is 13.7 Å². The molecule has 5 atom stereocenters. The van der Waals surface area contributed by atoms with Crippen LogP contribution in [0, 0.1) is 5.41 Å². The van der Waals surface area contributed by atoms with Gasteiger partial charge in [0, 0.05) is 0 Å². The van der Waals surface area contributed by atoms with Crippen LogP contribution in [0.2, 0.25) is 13.3 Å². The SMILES string of the molecule is CCC[CH2][Sn](/[CH]=C1/[C@@H]2O[C@H](OC)[C@@]1(COC(c1ccccc1)(c1ccccc1)c1ccccc1)[C@H]1OC(C)(C)O[C@@H]21)([CH2]CCC)[CH2]CCC. The second-order valence-corrected chi connectivity index (χ2v) is 27.9. The Morgan fingerprint density at radius 3 is 1.61 bits per heavy atom. The van der Waals surface area contributed by atoms with Crippen molar-refractivity contribution in [3.05, 3.63) is 117 Å². The maximum absolute atomic E-state index is 7.68. The molecule has 3 fully saturated rings. The zero-order valence-corrected chi connectivity index (χ0v) is 33.5. The van der Waals surface area contributed by atoms with Crippen LogP contribution in [0.25, 0.3) is 0 Å². The topological polar surface area (TPSA) is 46.2 Å². The fraction of sp³-hybridized carbons (Fsp3) is 0.535. The zero-order chi connectivity index (χ0) is 34.5. The van der Waals surface area contributed by atoms with E-state index in [1.807, 2.05) is 13.8 Å². The molecule has 5 nitrogen and oxygen atoms in total. The second kappa shape index (κ2) is 15.7. The Kier molecular flexibility index (Phi) is 11.8. The standard InChI is InChI=1S/C31H31O5.3C4H9.Sn/c1-21-25-26-27(36-29(2,3)35-26)30(21,28(32-4)34-25)20-33-31(22-14-8-5-9-15-22,23-16-10-6-11-17-23)24-18-12-7-13-19-24;3*1-3-4-2;/h1,5-19,25-28H,20H2,2-4H3;3*1,3-4H2,2H3;/t25-,26-,27-,28-,30+;;;;/m0..../s1. The normalized spacial score (nSPS) is 26.8. The summed E-state index contributed by atoms with van der Waals surface area (Å²) in [5.74, 6) is -0.723. The second-order valence-electron chi connectivity index (χ2n) is 15.0. The fourth-order valence-corrected chi connectivity index (χ4v) is 24.5. The molecule has 0 radical (unpaired) electrons. The molecule has 6 heteroatoms. The van der Waals surface area contributed by atoms with E-state index in [0.29, 0.717) is 6.61 Å². The number of rotatable bonds is 17. The fourth-order valence-electron chi connectivity index (χ4n) is 8.91. The molecule has 2 heterocycles. The van der Waals surface area contributed by atoms with Crippen molar-refractivity contribution in [3.8, 4) is 0 Å². The molecule has 6 rings (SSSR count). The molecule has 3 aromatic rings. The molecule has 49 heavy (non-hydrogen) atoms. The van der Waals surface area contributed by atoms with E-state index in [4.69, 9.17) is 23.7 Å². The van der Waals surface area contributed by atoms with E-state index in [0.717, 1.165) is 16.7 Å². The molecular weight excluding hydrogens is 715 g/mol. The van der Waals surface area contributed by atoms with E-state index in [1.165, 1.54) is 57.4 Å². The summed E-state index contributed by atoms with van der Waals surface area (Å²) in [6, 6.07) is 32.0. The Hall–Kier alpha value is -2.00. The van der Waals surface area contributed by atoms with E-state index >= 15 is 0 Å². The third-order valence-electron chi connectivity index (χ3n) is 11.3. The van der Waals surface area contributed by atoms with Crippen molar-refractivity contribution >= 4 is 18.4 Å². The van der Waals surface area contributed by atoms with Crippen molar-refractivity contribution < 1.29 is 23.7 Å².